The van der Waals surface area contributed by atoms with Gasteiger partial charge in [-0.2, -0.15) is 0 Å². The summed E-state index contributed by atoms with van der Waals surface area (Å²) in [5.41, 5.74) is 1.26. The minimum atomic E-state index is 0.203. The topological polar surface area (TPSA) is 44.4 Å². The first-order valence-corrected chi connectivity index (χ1v) is 8.14. The van der Waals surface area contributed by atoms with Gasteiger partial charge in [0.2, 0.25) is 5.91 Å². The van der Waals surface area contributed by atoms with E-state index in [0.29, 0.717) is 12.5 Å². The van der Waals surface area contributed by atoms with Gasteiger partial charge in [-0.05, 0) is 44.4 Å². The largest absolute Gasteiger partial charge is 0.369 e. The fraction of sp³-hybridized carbons (Fsp3) is 0.588. The minimum Gasteiger partial charge on any atom is -0.369 e. The van der Waals surface area contributed by atoms with Crippen LogP contribution in [0.5, 0.6) is 0 Å². The number of hydrogen-bond donors (Lipinski definition) is 2. The van der Waals surface area contributed by atoms with Crippen molar-refractivity contribution >= 4 is 11.6 Å². The molecule has 1 aromatic carbocycles. The summed E-state index contributed by atoms with van der Waals surface area (Å²) in [6, 6.07) is 11.2. The third-order valence-electron chi connectivity index (χ3n) is 4.50. The number of benzene rings is 1. The maximum atomic E-state index is 12.1. The summed E-state index contributed by atoms with van der Waals surface area (Å²) in [5, 5.41) is 6.61. The number of hydrogen-bond acceptors (Lipinski definition) is 3. The Bertz CT molecular complexity index is 456. The Kier molecular flexibility index (Phi) is 4.76. The summed E-state index contributed by atoms with van der Waals surface area (Å²) in [6.45, 7) is 3.07. The lowest BCUT2D eigenvalue weighted by atomic mass is 10.0. The monoisotopic (exact) mass is 287 g/mol. The lowest BCUT2D eigenvalue weighted by molar-refractivity contribution is -0.122. The van der Waals surface area contributed by atoms with Crippen LogP contribution in [0.15, 0.2) is 30.3 Å². The van der Waals surface area contributed by atoms with Crippen LogP contribution in [0.2, 0.25) is 0 Å². The zero-order valence-electron chi connectivity index (χ0n) is 12.6. The smallest absolute Gasteiger partial charge is 0.221 e. The molecule has 21 heavy (non-hydrogen) atoms. The fourth-order valence-electron chi connectivity index (χ4n) is 3.41. The third kappa shape index (κ3) is 3.97. The molecule has 0 saturated carbocycles. The molecule has 2 unspecified atom stereocenters. The van der Waals surface area contributed by atoms with E-state index >= 15 is 0 Å². The van der Waals surface area contributed by atoms with Gasteiger partial charge in [-0.3, -0.25) is 4.79 Å². The molecular formula is C17H25N3O. The summed E-state index contributed by atoms with van der Waals surface area (Å²) >= 11 is 0. The van der Waals surface area contributed by atoms with Crippen molar-refractivity contribution in [2.24, 2.45) is 0 Å². The highest BCUT2D eigenvalue weighted by Gasteiger charge is 2.23. The van der Waals surface area contributed by atoms with E-state index in [-0.39, 0.29) is 11.9 Å². The Balaban J connectivity index is 1.50. The van der Waals surface area contributed by atoms with Gasteiger partial charge in [-0.1, -0.05) is 18.2 Å². The summed E-state index contributed by atoms with van der Waals surface area (Å²) < 4.78 is 0. The molecule has 114 valence electrons. The van der Waals surface area contributed by atoms with Gasteiger partial charge in [-0.25, -0.2) is 0 Å². The van der Waals surface area contributed by atoms with Crippen molar-refractivity contribution in [3.8, 4) is 0 Å². The van der Waals surface area contributed by atoms with Gasteiger partial charge in [0.05, 0.1) is 0 Å². The van der Waals surface area contributed by atoms with Crippen LogP contribution in [0.3, 0.4) is 0 Å². The zero-order valence-corrected chi connectivity index (χ0v) is 12.6. The second-order valence-electron chi connectivity index (χ2n) is 6.19. The molecule has 3 rings (SSSR count). The molecule has 0 spiro atoms. The number of nitrogens with one attached hydrogen (secondary N) is 2. The number of carbonyl (C=O) groups is 1. The second kappa shape index (κ2) is 6.94. The van der Waals surface area contributed by atoms with Crippen molar-refractivity contribution in [2.45, 2.75) is 44.2 Å². The molecule has 1 amide bonds. The number of piperidine rings is 1. The van der Waals surface area contributed by atoms with Crippen LogP contribution in [-0.2, 0) is 4.79 Å². The molecule has 0 aliphatic carbocycles. The lowest BCUT2D eigenvalue weighted by Gasteiger charge is -2.35. The SMILES string of the molecule is O=C(CC1CCCN1)NC1CCCN(c2ccccc2)C1. The molecule has 2 aliphatic heterocycles. The van der Waals surface area contributed by atoms with E-state index in [1.807, 2.05) is 6.07 Å². The van der Waals surface area contributed by atoms with E-state index in [1.54, 1.807) is 0 Å². The van der Waals surface area contributed by atoms with E-state index in [0.717, 1.165) is 38.9 Å². The van der Waals surface area contributed by atoms with Crippen LogP contribution in [0.4, 0.5) is 5.69 Å². The van der Waals surface area contributed by atoms with Crippen molar-refractivity contribution in [3.05, 3.63) is 30.3 Å². The molecule has 2 fully saturated rings. The molecule has 0 aromatic heterocycles. The Morgan fingerprint density at radius 1 is 1.24 bits per heavy atom. The van der Waals surface area contributed by atoms with Crippen molar-refractivity contribution in [1.82, 2.24) is 10.6 Å². The first-order valence-electron chi connectivity index (χ1n) is 8.14. The second-order valence-corrected chi connectivity index (χ2v) is 6.19. The Morgan fingerprint density at radius 2 is 2.10 bits per heavy atom. The van der Waals surface area contributed by atoms with Crippen LogP contribution in [0.1, 0.15) is 32.1 Å². The van der Waals surface area contributed by atoms with E-state index in [2.05, 4.69) is 39.8 Å². The number of rotatable bonds is 4. The van der Waals surface area contributed by atoms with E-state index in [9.17, 15) is 4.79 Å². The number of nitrogens with zero attached hydrogens (tertiary/aromatic N) is 1. The number of para-hydroxylation sites is 1. The number of carbonyl (C=O) groups excluding carboxylic acids is 1. The molecule has 4 nitrogen and oxygen atoms in total. The Hall–Kier alpha value is -1.55. The van der Waals surface area contributed by atoms with Gasteiger partial charge in [-0.15, -0.1) is 0 Å². The number of anilines is 1. The quantitative estimate of drug-likeness (QED) is 0.889. The maximum Gasteiger partial charge on any atom is 0.221 e. The average Bonchev–Trinajstić information content (AvgIpc) is 3.01. The van der Waals surface area contributed by atoms with Gasteiger partial charge in [0, 0.05) is 37.3 Å². The predicted octanol–water partition coefficient (Wildman–Crippen LogP) is 1.91. The molecular weight excluding hydrogens is 262 g/mol. The summed E-state index contributed by atoms with van der Waals surface area (Å²) in [7, 11) is 0. The highest BCUT2D eigenvalue weighted by atomic mass is 16.1. The van der Waals surface area contributed by atoms with Crippen LogP contribution in [-0.4, -0.2) is 37.6 Å². The average molecular weight is 287 g/mol. The van der Waals surface area contributed by atoms with Gasteiger partial charge in [0.15, 0.2) is 0 Å². The maximum absolute atomic E-state index is 12.1. The lowest BCUT2D eigenvalue weighted by Crippen LogP contribution is -2.48. The molecule has 2 atom stereocenters. The van der Waals surface area contributed by atoms with Crippen LogP contribution < -0.4 is 15.5 Å². The molecule has 4 heteroatoms. The summed E-state index contributed by atoms with van der Waals surface area (Å²) in [5.74, 6) is 0.203. The summed E-state index contributed by atoms with van der Waals surface area (Å²) in [4.78, 5) is 14.5. The molecule has 0 bridgehead atoms. The fourth-order valence-corrected chi connectivity index (χ4v) is 3.41. The Labute approximate surface area is 126 Å². The summed E-state index contributed by atoms with van der Waals surface area (Å²) in [6.07, 6.45) is 5.19. The van der Waals surface area contributed by atoms with Crippen molar-refractivity contribution in [2.75, 3.05) is 24.5 Å². The minimum absolute atomic E-state index is 0.203. The normalized spacial score (nSPS) is 25.8. The highest BCUT2D eigenvalue weighted by Crippen LogP contribution is 2.19. The predicted molar refractivity (Wildman–Crippen MR) is 85.5 cm³/mol. The molecule has 2 aliphatic rings. The Morgan fingerprint density at radius 3 is 2.86 bits per heavy atom. The molecule has 2 saturated heterocycles. The number of amides is 1. The van der Waals surface area contributed by atoms with Crippen LogP contribution in [0, 0.1) is 0 Å². The first-order chi connectivity index (χ1) is 10.3. The highest BCUT2D eigenvalue weighted by molar-refractivity contribution is 5.77. The van der Waals surface area contributed by atoms with E-state index < -0.39 is 0 Å². The standard InChI is InChI=1S/C17H25N3O/c21-17(12-14-6-4-10-18-14)19-15-7-5-11-20(13-15)16-8-2-1-3-9-16/h1-3,8-9,14-15,18H,4-7,10-13H2,(H,19,21). The zero-order chi connectivity index (χ0) is 14.5. The molecule has 2 heterocycles. The molecule has 1 aromatic rings. The van der Waals surface area contributed by atoms with Gasteiger partial charge in [0.25, 0.3) is 0 Å². The van der Waals surface area contributed by atoms with Crippen molar-refractivity contribution < 1.29 is 4.79 Å². The van der Waals surface area contributed by atoms with Gasteiger partial charge >= 0.3 is 0 Å². The van der Waals surface area contributed by atoms with Crippen LogP contribution >= 0.6 is 0 Å². The molecule has 0 radical (unpaired) electrons. The first kappa shape index (κ1) is 14.4. The van der Waals surface area contributed by atoms with Gasteiger partial charge in [0.1, 0.15) is 0 Å². The van der Waals surface area contributed by atoms with Gasteiger partial charge < -0.3 is 15.5 Å². The van der Waals surface area contributed by atoms with Crippen LogP contribution in [0.25, 0.3) is 0 Å². The molecule has 2 N–H and O–H groups in total. The van der Waals surface area contributed by atoms with Crippen molar-refractivity contribution in [1.29, 1.82) is 0 Å². The third-order valence-corrected chi connectivity index (χ3v) is 4.50. The van der Waals surface area contributed by atoms with E-state index in [1.165, 1.54) is 12.1 Å². The van der Waals surface area contributed by atoms with Crippen molar-refractivity contribution in [3.63, 3.8) is 0 Å². The van der Waals surface area contributed by atoms with E-state index in [4.69, 9.17) is 0 Å².